The number of nitrogens with zero attached hydrogens (tertiary/aromatic N) is 1. The number of rotatable bonds is 13. The molecule has 11 nitrogen and oxygen atoms in total. The normalized spacial score (nSPS) is 12.7. The number of imide groups is 1. The molecule has 2 N–H and O–H groups in total. The maximum Gasteiger partial charge on any atom is 0.338 e. The molecule has 47 heavy (non-hydrogen) atoms. The van der Waals surface area contributed by atoms with Gasteiger partial charge in [-0.15, -0.1) is 0 Å². The minimum Gasteiger partial charge on any atom is -0.454 e. The van der Waals surface area contributed by atoms with Gasteiger partial charge in [-0.25, -0.2) is 9.59 Å². The molecule has 0 bridgehead atoms. The van der Waals surface area contributed by atoms with Gasteiger partial charge in [0, 0.05) is 11.4 Å². The molecule has 4 rings (SSSR count). The van der Waals surface area contributed by atoms with E-state index in [-0.39, 0.29) is 16.7 Å². The van der Waals surface area contributed by atoms with E-state index < -0.39 is 54.8 Å². The van der Waals surface area contributed by atoms with Crippen molar-refractivity contribution in [3.63, 3.8) is 0 Å². The first kappa shape index (κ1) is 34.6. The Labute approximate surface area is 273 Å². The second-order valence-electron chi connectivity index (χ2n) is 11.0. The van der Waals surface area contributed by atoms with Crippen molar-refractivity contribution in [3.8, 4) is 0 Å². The molecule has 0 spiro atoms. The van der Waals surface area contributed by atoms with Gasteiger partial charge < -0.3 is 20.1 Å². The third-order valence-corrected chi connectivity index (χ3v) is 8.09. The van der Waals surface area contributed by atoms with Gasteiger partial charge in [-0.1, -0.05) is 64.1 Å². The molecule has 1 aliphatic rings. The van der Waals surface area contributed by atoms with E-state index in [1.54, 1.807) is 0 Å². The van der Waals surface area contributed by atoms with Gasteiger partial charge >= 0.3 is 11.9 Å². The second-order valence-corrected chi connectivity index (χ2v) is 11.0. The Morgan fingerprint density at radius 2 is 1.11 bits per heavy atom. The number of nitrogens with one attached hydrogen (secondary N) is 2. The Bertz CT molecular complexity index is 1690. The summed E-state index contributed by atoms with van der Waals surface area (Å²) in [5.74, 6) is -4.44. The number of esters is 2. The van der Waals surface area contributed by atoms with Gasteiger partial charge in [0.05, 0.1) is 16.7 Å². The van der Waals surface area contributed by atoms with Crippen molar-refractivity contribution < 1.29 is 38.2 Å². The predicted molar refractivity (Wildman–Crippen MR) is 175 cm³/mol. The van der Waals surface area contributed by atoms with Crippen LogP contribution in [0.4, 0.5) is 11.4 Å². The summed E-state index contributed by atoms with van der Waals surface area (Å²) < 4.78 is 10.4. The van der Waals surface area contributed by atoms with E-state index in [9.17, 15) is 28.8 Å². The molecule has 0 radical (unpaired) electrons. The van der Waals surface area contributed by atoms with Crippen LogP contribution in [-0.4, -0.2) is 59.7 Å². The number of anilines is 2. The van der Waals surface area contributed by atoms with Crippen LogP contribution in [0.2, 0.25) is 0 Å². The van der Waals surface area contributed by atoms with E-state index >= 15 is 0 Å². The molecule has 4 amide bonds. The van der Waals surface area contributed by atoms with E-state index in [1.807, 2.05) is 64.1 Å². The topological polar surface area (TPSA) is 148 Å². The Balaban J connectivity index is 1.36. The Morgan fingerprint density at radius 1 is 0.660 bits per heavy atom. The lowest BCUT2D eigenvalue weighted by atomic mass is 10.0. The van der Waals surface area contributed by atoms with E-state index in [2.05, 4.69) is 10.6 Å². The van der Waals surface area contributed by atoms with Crippen LogP contribution in [0.1, 0.15) is 87.9 Å². The third kappa shape index (κ3) is 7.57. The monoisotopic (exact) mass is 641 g/mol. The smallest absolute Gasteiger partial charge is 0.338 e. The van der Waals surface area contributed by atoms with Gasteiger partial charge in [-0.05, 0) is 73.1 Å². The average molecular weight is 642 g/mol. The molecular weight excluding hydrogens is 602 g/mol. The zero-order valence-corrected chi connectivity index (χ0v) is 27.2. The van der Waals surface area contributed by atoms with Crippen LogP contribution in [0.25, 0.3) is 0 Å². The minimum absolute atomic E-state index is 0.00628. The lowest BCUT2D eigenvalue weighted by Gasteiger charge is -2.21. The number of carbonyl (C=O) groups is 6. The molecular formula is C36H39N3O8. The number of aryl methyl sites for hydroxylation is 4. The average Bonchev–Trinajstić information content (AvgIpc) is 3.33. The highest BCUT2D eigenvalue weighted by Gasteiger charge is 2.42. The molecule has 0 saturated carbocycles. The fourth-order valence-electron chi connectivity index (χ4n) is 5.47. The van der Waals surface area contributed by atoms with Crippen LogP contribution >= 0.6 is 0 Å². The Hall–Kier alpha value is -5.32. The number of ether oxygens (including phenoxy) is 2. The van der Waals surface area contributed by atoms with Crippen molar-refractivity contribution >= 4 is 46.9 Å². The number of hydrogen-bond donors (Lipinski definition) is 2. The lowest BCUT2D eigenvalue weighted by molar-refractivity contribution is -0.150. The molecule has 0 aromatic heterocycles. The van der Waals surface area contributed by atoms with Crippen molar-refractivity contribution in [2.24, 2.45) is 0 Å². The van der Waals surface area contributed by atoms with Gasteiger partial charge in [-0.3, -0.25) is 24.1 Å². The fraction of sp³-hybridized carbons (Fsp3) is 0.333. The van der Waals surface area contributed by atoms with Crippen LogP contribution in [0.15, 0.2) is 54.6 Å². The molecule has 246 valence electrons. The van der Waals surface area contributed by atoms with Gasteiger partial charge in [0.15, 0.2) is 13.2 Å². The molecule has 11 heteroatoms. The summed E-state index contributed by atoms with van der Waals surface area (Å²) in [6.07, 6.45) is 2.81. The van der Waals surface area contributed by atoms with Crippen LogP contribution < -0.4 is 10.6 Å². The van der Waals surface area contributed by atoms with Crippen molar-refractivity contribution in [1.82, 2.24) is 4.90 Å². The summed E-state index contributed by atoms with van der Waals surface area (Å²) in [7, 11) is 0. The van der Waals surface area contributed by atoms with Crippen LogP contribution in [-0.2, 0) is 49.5 Å². The summed E-state index contributed by atoms with van der Waals surface area (Å²) in [5.41, 5.74) is 5.02. The molecule has 3 aromatic rings. The zero-order chi connectivity index (χ0) is 34.2. The third-order valence-electron chi connectivity index (χ3n) is 8.09. The first-order chi connectivity index (χ1) is 22.5. The Kier molecular flexibility index (Phi) is 11.3. The van der Waals surface area contributed by atoms with Crippen molar-refractivity contribution in [2.75, 3.05) is 23.8 Å². The van der Waals surface area contributed by atoms with Crippen molar-refractivity contribution in [1.29, 1.82) is 0 Å². The Morgan fingerprint density at radius 3 is 1.57 bits per heavy atom. The summed E-state index contributed by atoms with van der Waals surface area (Å²) in [6, 6.07) is 13.9. The largest absolute Gasteiger partial charge is 0.454 e. The van der Waals surface area contributed by atoms with Crippen molar-refractivity contribution in [3.05, 3.63) is 93.5 Å². The van der Waals surface area contributed by atoms with Crippen LogP contribution in [0.5, 0.6) is 0 Å². The number of fused-ring (bicyclic) bond motifs is 1. The molecule has 0 fully saturated rings. The highest BCUT2D eigenvalue weighted by Crippen LogP contribution is 2.27. The molecule has 1 unspecified atom stereocenters. The quantitative estimate of drug-likeness (QED) is 0.198. The number of carbonyl (C=O) groups excluding carboxylic acids is 6. The van der Waals surface area contributed by atoms with E-state index in [0.717, 1.165) is 27.2 Å². The van der Waals surface area contributed by atoms with E-state index in [4.69, 9.17) is 9.47 Å². The number of amides is 4. The number of benzene rings is 3. The van der Waals surface area contributed by atoms with Crippen molar-refractivity contribution in [2.45, 2.75) is 66.3 Å². The number of para-hydroxylation sites is 2. The molecule has 1 atom stereocenters. The highest BCUT2D eigenvalue weighted by atomic mass is 16.5. The molecule has 1 aliphatic heterocycles. The minimum atomic E-state index is -1.34. The van der Waals surface area contributed by atoms with Gasteiger partial charge in [-0.2, -0.15) is 0 Å². The standard InChI is InChI=1S/C36H39N3O8/c1-6-22-12-10-13-23(7-2)31(22)37-29(40)19-46-35(44)21(5)39-33(42)27-17-16-26(18-28(27)34(39)43)36(45)47-20-30(41)38-32-24(8-3)14-11-15-25(32)9-4/h10-18,21H,6-9,19-20H2,1-5H3,(H,37,40)(H,38,41). The summed E-state index contributed by atoms with van der Waals surface area (Å²) in [4.78, 5) is 78.0. The maximum atomic E-state index is 13.2. The molecule has 0 aliphatic carbocycles. The van der Waals surface area contributed by atoms with E-state index in [0.29, 0.717) is 37.1 Å². The second kappa shape index (κ2) is 15.3. The highest BCUT2D eigenvalue weighted by molar-refractivity contribution is 6.23. The fourth-order valence-corrected chi connectivity index (χ4v) is 5.47. The van der Waals surface area contributed by atoms with Gasteiger partial charge in [0.2, 0.25) is 0 Å². The zero-order valence-electron chi connectivity index (χ0n) is 27.2. The lowest BCUT2D eigenvalue weighted by Crippen LogP contribution is -2.44. The summed E-state index contributed by atoms with van der Waals surface area (Å²) in [5, 5.41) is 5.62. The molecule has 1 heterocycles. The molecule has 3 aromatic carbocycles. The first-order valence-electron chi connectivity index (χ1n) is 15.7. The number of hydrogen-bond acceptors (Lipinski definition) is 8. The van der Waals surface area contributed by atoms with Crippen LogP contribution in [0.3, 0.4) is 0 Å². The predicted octanol–water partition coefficient (Wildman–Crippen LogP) is 4.90. The van der Waals surface area contributed by atoms with Crippen LogP contribution in [0, 0.1) is 0 Å². The molecule has 0 saturated heterocycles. The SMILES string of the molecule is CCc1cccc(CC)c1NC(=O)COC(=O)c1ccc2c(c1)C(=O)N(C(C)C(=O)OCC(=O)Nc1c(CC)cccc1CC)C2=O. The van der Waals surface area contributed by atoms with Gasteiger partial charge in [0.1, 0.15) is 6.04 Å². The van der Waals surface area contributed by atoms with Gasteiger partial charge in [0.25, 0.3) is 23.6 Å². The summed E-state index contributed by atoms with van der Waals surface area (Å²) in [6.45, 7) is 8.04. The van der Waals surface area contributed by atoms with E-state index in [1.165, 1.54) is 25.1 Å². The maximum absolute atomic E-state index is 13.2. The summed E-state index contributed by atoms with van der Waals surface area (Å²) >= 11 is 0. The first-order valence-corrected chi connectivity index (χ1v) is 15.7.